The number of hydrogen-bond donors (Lipinski definition) is 1. The first kappa shape index (κ1) is 17.0. The molecule has 2 heterocycles. The minimum atomic E-state index is -0.159. The lowest BCUT2D eigenvalue weighted by molar-refractivity contribution is -0.121. The maximum atomic E-state index is 12.8. The van der Waals surface area contributed by atoms with Crippen LogP contribution in [0.25, 0.3) is 10.2 Å². The topological polar surface area (TPSA) is 64.0 Å². The van der Waals surface area contributed by atoms with E-state index in [1.54, 1.807) is 11.3 Å². The SMILES string of the molecule is Cc1ccccc1CCNC(=O)Cn1cnc2sc3c(c2c1=O)CCC3. The predicted molar refractivity (Wildman–Crippen MR) is 104 cm³/mol. The second-order valence-electron chi connectivity index (χ2n) is 6.74. The highest BCUT2D eigenvalue weighted by molar-refractivity contribution is 7.18. The molecular weight excluding hydrogens is 346 g/mol. The number of rotatable bonds is 5. The van der Waals surface area contributed by atoms with Gasteiger partial charge in [-0.2, -0.15) is 0 Å². The second-order valence-corrected chi connectivity index (χ2v) is 7.83. The van der Waals surface area contributed by atoms with E-state index in [9.17, 15) is 9.59 Å². The van der Waals surface area contributed by atoms with E-state index in [0.717, 1.165) is 41.5 Å². The van der Waals surface area contributed by atoms with E-state index in [1.807, 2.05) is 12.1 Å². The Morgan fingerprint density at radius 1 is 1.31 bits per heavy atom. The molecule has 1 aliphatic rings. The number of benzene rings is 1. The fourth-order valence-corrected chi connectivity index (χ4v) is 4.79. The standard InChI is InChI=1S/C20H21N3O2S/c1-13-5-2-3-6-14(13)9-10-21-17(24)11-23-12-22-19-18(20(23)25)15-7-4-8-16(15)26-19/h2-3,5-6,12H,4,7-11H2,1H3,(H,21,24). The molecule has 0 saturated heterocycles. The molecule has 0 unspecified atom stereocenters. The van der Waals surface area contributed by atoms with Crippen LogP contribution in [0.2, 0.25) is 0 Å². The summed E-state index contributed by atoms with van der Waals surface area (Å²) in [5, 5.41) is 3.62. The van der Waals surface area contributed by atoms with Crippen LogP contribution in [0.4, 0.5) is 0 Å². The minimum absolute atomic E-state index is 0.0141. The van der Waals surface area contributed by atoms with Crippen LogP contribution < -0.4 is 10.9 Å². The van der Waals surface area contributed by atoms with Crippen molar-refractivity contribution in [3.63, 3.8) is 0 Å². The number of nitrogens with zero attached hydrogens (tertiary/aromatic N) is 2. The zero-order chi connectivity index (χ0) is 18.1. The number of aromatic nitrogens is 2. The van der Waals surface area contributed by atoms with Crippen molar-refractivity contribution >= 4 is 27.5 Å². The Hall–Kier alpha value is -2.47. The Kier molecular flexibility index (Phi) is 4.59. The first-order chi connectivity index (χ1) is 12.6. The fraction of sp³-hybridized carbons (Fsp3) is 0.350. The molecule has 0 radical (unpaired) electrons. The van der Waals surface area contributed by atoms with Crippen molar-refractivity contribution in [2.24, 2.45) is 0 Å². The molecule has 26 heavy (non-hydrogen) atoms. The first-order valence-electron chi connectivity index (χ1n) is 8.94. The van der Waals surface area contributed by atoms with Gasteiger partial charge in [0.15, 0.2) is 0 Å². The van der Waals surface area contributed by atoms with Crippen molar-refractivity contribution in [3.05, 3.63) is 62.5 Å². The van der Waals surface area contributed by atoms with Crippen LogP contribution >= 0.6 is 11.3 Å². The lowest BCUT2D eigenvalue weighted by atomic mass is 10.1. The molecule has 0 fully saturated rings. The summed E-state index contributed by atoms with van der Waals surface area (Å²) in [6.07, 6.45) is 5.36. The van der Waals surface area contributed by atoms with E-state index in [4.69, 9.17) is 0 Å². The summed E-state index contributed by atoms with van der Waals surface area (Å²) < 4.78 is 1.43. The number of nitrogens with one attached hydrogen (secondary N) is 1. The molecule has 2 aromatic heterocycles. The number of carbonyl (C=O) groups excluding carboxylic acids is 1. The summed E-state index contributed by atoms with van der Waals surface area (Å²) in [6.45, 7) is 2.64. The highest BCUT2D eigenvalue weighted by atomic mass is 32.1. The van der Waals surface area contributed by atoms with Gasteiger partial charge in [0.2, 0.25) is 5.91 Å². The van der Waals surface area contributed by atoms with Crippen molar-refractivity contribution in [3.8, 4) is 0 Å². The van der Waals surface area contributed by atoms with Crippen molar-refractivity contribution in [1.82, 2.24) is 14.9 Å². The van der Waals surface area contributed by atoms with E-state index in [-0.39, 0.29) is 18.0 Å². The molecule has 6 heteroatoms. The summed E-state index contributed by atoms with van der Waals surface area (Å²) in [7, 11) is 0. The maximum absolute atomic E-state index is 12.8. The van der Waals surface area contributed by atoms with Crippen LogP contribution in [-0.2, 0) is 30.6 Å². The molecule has 0 bridgehead atoms. The van der Waals surface area contributed by atoms with E-state index in [1.165, 1.54) is 26.9 Å². The molecule has 3 aromatic rings. The lowest BCUT2D eigenvalue weighted by Crippen LogP contribution is -2.33. The third kappa shape index (κ3) is 3.17. The quantitative estimate of drug-likeness (QED) is 0.754. The van der Waals surface area contributed by atoms with Gasteiger partial charge in [-0.05, 0) is 49.3 Å². The van der Waals surface area contributed by atoms with Gasteiger partial charge in [-0.15, -0.1) is 11.3 Å². The van der Waals surface area contributed by atoms with Crippen molar-refractivity contribution in [1.29, 1.82) is 0 Å². The van der Waals surface area contributed by atoms with Crippen molar-refractivity contribution in [2.75, 3.05) is 6.54 Å². The minimum Gasteiger partial charge on any atom is -0.354 e. The largest absolute Gasteiger partial charge is 0.354 e. The van der Waals surface area contributed by atoms with E-state index >= 15 is 0 Å². The summed E-state index contributed by atoms with van der Waals surface area (Å²) in [6, 6.07) is 8.15. The Morgan fingerprint density at radius 2 is 2.15 bits per heavy atom. The molecular formula is C20H21N3O2S. The Labute approximate surface area is 155 Å². The van der Waals surface area contributed by atoms with Gasteiger partial charge in [0.1, 0.15) is 11.4 Å². The molecule has 1 aliphatic carbocycles. The van der Waals surface area contributed by atoms with Crippen molar-refractivity contribution < 1.29 is 4.79 Å². The molecule has 0 saturated carbocycles. The maximum Gasteiger partial charge on any atom is 0.262 e. The Morgan fingerprint density at radius 3 is 3.00 bits per heavy atom. The Bertz CT molecular complexity index is 1040. The predicted octanol–water partition coefficient (Wildman–Crippen LogP) is 2.61. The summed E-state index contributed by atoms with van der Waals surface area (Å²) in [5.74, 6) is -0.159. The number of fused-ring (bicyclic) bond motifs is 3. The van der Waals surface area contributed by atoms with Crippen LogP contribution in [0, 0.1) is 6.92 Å². The van der Waals surface area contributed by atoms with Gasteiger partial charge in [-0.25, -0.2) is 4.98 Å². The highest BCUT2D eigenvalue weighted by Crippen LogP contribution is 2.34. The van der Waals surface area contributed by atoms with Gasteiger partial charge >= 0.3 is 0 Å². The van der Waals surface area contributed by atoms with Crippen LogP contribution in [0.3, 0.4) is 0 Å². The molecule has 1 amide bonds. The molecule has 0 spiro atoms. The lowest BCUT2D eigenvalue weighted by Gasteiger charge is -2.09. The smallest absolute Gasteiger partial charge is 0.262 e. The molecule has 1 N–H and O–H groups in total. The average Bonchev–Trinajstić information content (AvgIpc) is 3.20. The first-order valence-corrected chi connectivity index (χ1v) is 9.76. The number of hydrogen-bond acceptors (Lipinski definition) is 4. The second kappa shape index (κ2) is 7.03. The van der Waals surface area contributed by atoms with E-state index < -0.39 is 0 Å². The zero-order valence-electron chi connectivity index (χ0n) is 14.7. The van der Waals surface area contributed by atoms with Gasteiger partial charge in [0, 0.05) is 11.4 Å². The number of amides is 1. The molecule has 0 aliphatic heterocycles. The van der Waals surface area contributed by atoms with Crippen LogP contribution in [0.15, 0.2) is 35.4 Å². The van der Waals surface area contributed by atoms with Crippen LogP contribution in [0.5, 0.6) is 0 Å². The molecule has 5 nitrogen and oxygen atoms in total. The fourth-order valence-electron chi connectivity index (χ4n) is 3.57. The highest BCUT2D eigenvalue weighted by Gasteiger charge is 2.21. The molecule has 134 valence electrons. The monoisotopic (exact) mass is 367 g/mol. The Balaban J connectivity index is 1.44. The number of aryl methyl sites for hydroxylation is 3. The third-order valence-electron chi connectivity index (χ3n) is 4.98. The van der Waals surface area contributed by atoms with Crippen LogP contribution in [-0.4, -0.2) is 22.0 Å². The molecule has 4 rings (SSSR count). The zero-order valence-corrected chi connectivity index (χ0v) is 15.6. The normalized spacial score (nSPS) is 13.1. The van der Waals surface area contributed by atoms with E-state index in [2.05, 4.69) is 29.4 Å². The number of thiophene rings is 1. The van der Waals surface area contributed by atoms with E-state index in [0.29, 0.717) is 6.54 Å². The summed E-state index contributed by atoms with van der Waals surface area (Å²) in [4.78, 5) is 31.5. The summed E-state index contributed by atoms with van der Waals surface area (Å²) in [5.41, 5.74) is 3.50. The van der Waals surface area contributed by atoms with Gasteiger partial charge < -0.3 is 5.32 Å². The van der Waals surface area contributed by atoms with Gasteiger partial charge in [0.05, 0.1) is 11.7 Å². The molecule has 1 aromatic carbocycles. The molecule has 0 atom stereocenters. The average molecular weight is 367 g/mol. The van der Waals surface area contributed by atoms with Gasteiger partial charge in [-0.1, -0.05) is 24.3 Å². The van der Waals surface area contributed by atoms with Crippen molar-refractivity contribution in [2.45, 2.75) is 39.2 Å². The summed E-state index contributed by atoms with van der Waals surface area (Å²) >= 11 is 1.62. The number of carbonyl (C=O) groups is 1. The van der Waals surface area contributed by atoms with Gasteiger partial charge in [-0.3, -0.25) is 14.2 Å². The third-order valence-corrected chi connectivity index (χ3v) is 6.18. The van der Waals surface area contributed by atoms with Crippen LogP contribution in [0.1, 0.15) is 28.0 Å². The van der Waals surface area contributed by atoms with Gasteiger partial charge in [0.25, 0.3) is 5.56 Å².